The second-order valence-electron chi connectivity index (χ2n) is 6.94. The van der Waals surface area contributed by atoms with Crippen molar-refractivity contribution in [2.75, 3.05) is 13.2 Å². The summed E-state index contributed by atoms with van der Waals surface area (Å²) in [7, 11) is 0. The predicted octanol–water partition coefficient (Wildman–Crippen LogP) is 3.61. The van der Waals surface area contributed by atoms with E-state index in [0.29, 0.717) is 12.5 Å². The second kappa shape index (κ2) is 7.24. The van der Waals surface area contributed by atoms with E-state index in [4.69, 9.17) is 5.73 Å². The van der Waals surface area contributed by atoms with Crippen LogP contribution in [0.2, 0.25) is 0 Å². The zero-order valence-corrected chi connectivity index (χ0v) is 13.7. The molecule has 3 N–H and O–H groups in total. The second-order valence-corrected chi connectivity index (χ2v) is 6.94. The minimum absolute atomic E-state index is 0.172. The summed E-state index contributed by atoms with van der Waals surface area (Å²) in [5, 5.41) is 9.35. The number of aliphatic hydroxyl groups is 1. The summed E-state index contributed by atoms with van der Waals surface area (Å²) in [6.07, 6.45) is 2.00. The van der Waals surface area contributed by atoms with Crippen molar-refractivity contribution in [3.8, 4) is 0 Å². The van der Waals surface area contributed by atoms with Crippen LogP contribution in [0.25, 0.3) is 0 Å². The van der Waals surface area contributed by atoms with Gasteiger partial charge in [0.05, 0.1) is 0 Å². The quantitative estimate of drug-likeness (QED) is 0.834. The third kappa shape index (κ3) is 4.32. The Morgan fingerprint density at radius 3 is 2.35 bits per heavy atom. The Bertz CT molecular complexity index is 416. The number of aliphatic hydroxyl groups excluding tert-OH is 1. The molecule has 1 aromatic rings. The van der Waals surface area contributed by atoms with Gasteiger partial charge in [0.25, 0.3) is 0 Å². The van der Waals surface area contributed by atoms with Crippen LogP contribution in [0, 0.1) is 5.92 Å². The van der Waals surface area contributed by atoms with Gasteiger partial charge in [-0.2, -0.15) is 0 Å². The molecular formula is C18H31NO. The largest absolute Gasteiger partial charge is 0.396 e. The molecule has 0 saturated heterocycles. The maximum atomic E-state index is 9.35. The highest BCUT2D eigenvalue weighted by Crippen LogP contribution is 2.31. The lowest BCUT2D eigenvalue weighted by Gasteiger charge is -2.25. The summed E-state index contributed by atoms with van der Waals surface area (Å²) in [5.74, 6) is 0.640. The van der Waals surface area contributed by atoms with Gasteiger partial charge in [0, 0.05) is 6.61 Å². The van der Waals surface area contributed by atoms with Crippen LogP contribution < -0.4 is 5.73 Å². The fourth-order valence-electron chi connectivity index (χ4n) is 2.71. The van der Waals surface area contributed by atoms with E-state index in [0.717, 1.165) is 12.8 Å². The number of nitrogens with two attached hydrogens (primary N) is 1. The van der Waals surface area contributed by atoms with Crippen molar-refractivity contribution in [3.63, 3.8) is 0 Å². The lowest BCUT2D eigenvalue weighted by Crippen LogP contribution is -2.20. The van der Waals surface area contributed by atoms with E-state index >= 15 is 0 Å². The number of hydrogen-bond acceptors (Lipinski definition) is 2. The molecule has 2 nitrogen and oxygen atoms in total. The van der Waals surface area contributed by atoms with Crippen LogP contribution in [0.1, 0.15) is 63.6 Å². The van der Waals surface area contributed by atoms with E-state index in [-0.39, 0.29) is 17.9 Å². The average Bonchev–Trinajstić information content (AvgIpc) is 2.42. The molecule has 0 bridgehead atoms. The smallest absolute Gasteiger partial charge is 0.0471 e. The minimum atomic E-state index is 0.172. The molecule has 1 rings (SSSR count). The van der Waals surface area contributed by atoms with Crippen molar-refractivity contribution >= 4 is 0 Å². The SMILES string of the molecule is CCc1ccc(C(C)(C)C)cc1C(C)CC(CN)CO. The van der Waals surface area contributed by atoms with E-state index < -0.39 is 0 Å². The van der Waals surface area contributed by atoms with E-state index in [1.54, 1.807) is 0 Å². The summed E-state index contributed by atoms with van der Waals surface area (Å²) in [6.45, 7) is 11.9. The van der Waals surface area contributed by atoms with Gasteiger partial charge < -0.3 is 10.8 Å². The van der Waals surface area contributed by atoms with Crippen LogP contribution >= 0.6 is 0 Å². The lowest BCUT2D eigenvalue weighted by molar-refractivity contribution is 0.217. The third-order valence-corrected chi connectivity index (χ3v) is 4.20. The molecule has 0 aliphatic heterocycles. The van der Waals surface area contributed by atoms with Crippen molar-refractivity contribution in [1.29, 1.82) is 0 Å². The van der Waals surface area contributed by atoms with Crippen LogP contribution in [-0.2, 0) is 11.8 Å². The van der Waals surface area contributed by atoms with Crippen LogP contribution in [0.5, 0.6) is 0 Å². The van der Waals surface area contributed by atoms with Gasteiger partial charge in [0.1, 0.15) is 0 Å². The van der Waals surface area contributed by atoms with E-state index in [9.17, 15) is 5.11 Å². The predicted molar refractivity (Wildman–Crippen MR) is 87.2 cm³/mol. The molecule has 0 aromatic heterocycles. The van der Waals surface area contributed by atoms with Gasteiger partial charge in [-0.15, -0.1) is 0 Å². The molecule has 0 heterocycles. The fourth-order valence-corrected chi connectivity index (χ4v) is 2.71. The van der Waals surface area contributed by atoms with Crippen molar-refractivity contribution in [2.45, 2.75) is 58.8 Å². The topological polar surface area (TPSA) is 46.2 Å². The number of rotatable bonds is 6. The molecule has 1 aromatic carbocycles. The monoisotopic (exact) mass is 277 g/mol. The van der Waals surface area contributed by atoms with E-state index in [1.807, 2.05) is 0 Å². The number of aryl methyl sites for hydroxylation is 1. The molecule has 0 aliphatic carbocycles. The van der Waals surface area contributed by atoms with E-state index in [1.165, 1.54) is 16.7 Å². The molecule has 0 saturated carbocycles. The number of benzene rings is 1. The number of hydrogen-bond donors (Lipinski definition) is 2. The molecule has 2 unspecified atom stereocenters. The molecule has 20 heavy (non-hydrogen) atoms. The molecule has 0 fully saturated rings. The first-order valence-corrected chi connectivity index (χ1v) is 7.77. The van der Waals surface area contributed by atoms with Crippen molar-refractivity contribution in [1.82, 2.24) is 0 Å². The van der Waals surface area contributed by atoms with Crippen LogP contribution in [0.4, 0.5) is 0 Å². The Labute approximate surface area is 124 Å². The van der Waals surface area contributed by atoms with Gasteiger partial charge >= 0.3 is 0 Å². The standard InChI is InChI=1S/C18H31NO/c1-6-15-7-8-16(18(3,4)5)10-17(15)13(2)9-14(11-19)12-20/h7-8,10,13-14,20H,6,9,11-12,19H2,1-5H3. The Hall–Kier alpha value is -0.860. The summed E-state index contributed by atoms with van der Waals surface area (Å²) in [5.41, 5.74) is 10.1. The van der Waals surface area contributed by atoms with Crippen molar-refractivity contribution in [2.24, 2.45) is 11.7 Å². The maximum Gasteiger partial charge on any atom is 0.0471 e. The zero-order chi connectivity index (χ0) is 15.3. The molecule has 0 radical (unpaired) electrons. The highest BCUT2D eigenvalue weighted by molar-refractivity contribution is 5.37. The highest BCUT2D eigenvalue weighted by atomic mass is 16.3. The summed E-state index contributed by atoms with van der Waals surface area (Å²) >= 11 is 0. The Kier molecular flexibility index (Phi) is 6.22. The van der Waals surface area contributed by atoms with Gasteiger partial charge in [0.2, 0.25) is 0 Å². The Balaban J connectivity index is 3.07. The molecule has 2 atom stereocenters. The molecule has 2 heteroatoms. The molecule has 0 aliphatic rings. The fraction of sp³-hybridized carbons (Fsp3) is 0.667. The average molecular weight is 277 g/mol. The van der Waals surface area contributed by atoms with Gasteiger partial charge in [-0.05, 0) is 53.3 Å². The normalized spacial score (nSPS) is 15.2. The van der Waals surface area contributed by atoms with Crippen molar-refractivity contribution in [3.05, 3.63) is 34.9 Å². The first-order valence-electron chi connectivity index (χ1n) is 7.77. The van der Waals surface area contributed by atoms with Gasteiger partial charge in [-0.1, -0.05) is 52.8 Å². The molecule has 0 amide bonds. The Morgan fingerprint density at radius 2 is 1.90 bits per heavy atom. The molecule has 114 valence electrons. The summed E-state index contributed by atoms with van der Waals surface area (Å²) in [4.78, 5) is 0. The van der Waals surface area contributed by atoms with E-state index in [2.05, 4.69) is 52.8 Å². The maximum absolute atomic E-state index is 9.35. The van der Waals surface area contributed by atoms with Crippen molar-refractivity contribution < 1.29 is 5.11 Å². The lowest BCUT2D eigenvalue weighted by atomic mass is 9.81. The van der Waals surface area contributed by atoms with Crippen LogP contribution in [-0.4, -0.2) is 18.3 Å². The third-order valence-electron chi connectivity index (χ3n) is 4.20. The summed E-state index contributed by atoms with van der Waals surface area (Å²) < 4.78 is 0. The van der Waals surface area contributed by atoms with Crippen LogP contribution in [0.15, 0.2) is 18.2 Å². The summed E-state index contributed by atoms with van der Waals surface area (Å²) in [6, 6.07) is 6.87. The molecule has 0 spiro atoms. The van der Waals surface area contributed by atoms with Gasteiger partial charge in [0.15, 0.2) is 0 Å². The first-order chi connectivity index (χ1) is 9.33. The van der Waals surface area contributed by atoms with Gasteiger partial charge in [-0.3, -0.25) is 0 Å². The zero-order valence-electron chi connectivity index (χ0n) is 13.7. The highest BCUT2D eigenvalue weighted by Gasteiger charge is 2.19. The minimum Gasteiger partial charge on any atom is -0.396 e. The first kappa shape index (κ1) is 17.2. The van der Waals surface area contributed by atoms with Crippen LogP contribution in [0.3, 0.4) is 0 Å². The molecular weight excluding hydrogens is 246 g/mol. The Morgan fingerprint density at radius 1 is 1.25 bits per heavy atom. The van der Waals surface area contributed by atoms with Gasteiger partial charge in [-0.25, -0.2) is 0 Å².